The molecule has 0 amide bonds. The standard InChI is InChI=1S/C12H14Br2N2O2S/c1-3-5-16(6-4-2)19(17,18)12-10(13)7-9(15)8-11(12)14/h3-4,7-8H,1-2,5-6,15H2. The zero-order valence-electron chi connectivity index (χ0n) is 10.1. The zero-order valence-corrected chi connectivity index (χ0v) is 14.1. The number of hydrogen-bond donors (Lipinski definition) is 1. The summed E-state index contributed by atoms with van der Waals surface area (Å²) >= 11 is 6.47. The predicted octanol–water partition coefficient (Wildman–Crippen LogP) is 3.16. The van der Waals surface area contributed by atoms with E-state index in [9.17, 15) is 8.42 Å². The van der Waals surface area contributed by atoms with Gasteiger partial charge in [0.05, 0.1) is 0 Å². The summed E-state index contributed by atoms with van der Waals surface area (Å²) in [6.45, 7) is 7.54. The van der Waals surface area contributed by atoms with Crippen molar-refractivity contribution in [2.45, 2.75) is 4.90 Å². The van der Waals surface area contributed by atoms with Gasteiger partial charge in [-0.05, 0) is 44.0 Å². The van der Waals surface area contributed by atoms with Crippen molar-refractivity contribution in [2.24, 2.45) is 0 Å². The highest BCUT2D eigenvalue weighted by Crippen LogP contribution is 2.34. The summed E-state index contributed by atoms with van der Waals surface area (Å²) in [6.07, 6.45) is 3.06. The monoisotopic (exact) mass is 408 g/mol. The molecule has 0 heterocycles. The smallest absolute Gasteiger partial charge is 0.245 e. The van der Waals surface area contributed by atoms with Crippen LogP contribution in [0.3, 0.4) is 0 Å². The number of sulfonamides is 1. The fraction of sp³-hybridized carbons (Fsp3) is 0.167. The molecule has 1 rings (SSSR count). The van der Waals surface area contributed by atoms with Gasteiger partial charge < -0.3 is 5.73 Å². The van der Waals surface area contributed by atoms with Crippen LogP contribution in [-0.4, -0.2) is 25.8 Å². The molecule has 19 heavy (non-hydrogen) atoms. The molecule has 0 saturated heterocycles. The second-order valence-corrected chi connectivity index (χ2v) is 7.30. The van der Waals surface area contributed by atoms with E-state index in [1.807, 2.05) is 0 Å². The van der Waals surface area contributed by atoms with E-state index in [1.54, 1.807) is 12.1 Å². The highest BCUT2D eigenvalue weighted by atomic mass is 79.9. The first-order valence-electron chi connectivity index (χ1n) is 5.31. The van der Waals surface area contributed by atoms with Crippen LogP contribution in [0.15, 0.2) is 51.3 Å². The molecule has 4 nitrogen and oxygen atoms in total. The van der Waals surface area contributed by atoms with Gasteiger partial charge in [-0.3, -0.25) is 0 Å². The molecule has 2 N–H and O–H groups in total. The van der Waals surface area contributed by atoms with Gasteiger partial charge in [0, 0.05) is 27.7 Å². The molecule has 0 bridgehead atoms. The minimum absolute atomic E-state index is 0.144. The second kappa shape index (κ2) is 6.69. The lowest BCUT2D eigenvalue weighted by Crippen LogP contribution is -2.32. The largest absolute Gasteiger partial charge is 0.399 e. The third-order valence-electron chi connectivity index (χ3n) is 2.28. The van der Waals surface area contributed by atoms with E-state index in [2.05, 4.69) is 45.0 Å². The molecule has 0 atom stereocenters. The Kier molecular flexibility index (Phi) is 5.79. The average molecular weight is 410 g/mol. The molecule has 1 aromatic rings. The molecular formula is C12H14Br2N2O2S. The summed E-state index contributed by atoms with van der Waals surface area (Å²) in [7, 11) is -3.66. The van der Waals surface area contributed by atoms with Gasteiger partial charge in [-0.2, -0.15) is 4.31 Å². The first-order chi connectivity index (χ1) is 8.84. The number of rotatable bonds is 6. The molecule has 0 aromatic heterocycles. The number of nitrogen functional groups attached to an aromatic ring is 1. The number of anilines is 1. The third kappa shape index (κ3) is 3.68. The Hall–Kier alpha value is -0.630. The van der Waals surface area contributed by atoms with E-state index in [0.717, 1.165) is 0 Å². The lowest BCUT2D eigenvalue weighted by molar-refractivity contribution is 0.473. The van der Waals surface area contributed by atoms with Crippen LogP contribution in [0.25, 0.3) is 0 Å². The topological polar surface area (TPSA) is 63.4 Å². The summed E-state index contributed by atoms with van der Waals surface area (Å²) < 4.78 is 27.3. The summed E-state index contributed by atoms with van der Waals surface area (Å²) in [5, 5.41) is 0. The molecule has 1 aromatic carbocycles. The minimum Gasteiger partial charge on any atom is -0.399 e. The molecular weight excluding hydrogens is 396 g/mol. The van der Waals surface area contributed by atoms with Gasteiger partial charge in [0.1, 0.15) is 4.90 Å². The average Bonchev–Trinajstić information content (AvgIpc) is 2.26. The Morgan fingerprint density at radius 3 is 1.95 bits per heavy atom. The van der Waals surface area contributed by atoms with Crippen molar-refractivity contribution in [3.05, 3.63) is 46.4 Å². The zero-order chi connectivity index (χ0) is 14.6. The summed E-state index contributed by atoms with van der Waals surface area (Å²) in [5.41, 5.74) is 6.13. The number of nitrogens with zero attached hydrogens (tertiary/aromatic N) is 1. The molecule has 0 aliphatic rings. The highest BCUT2D eigenvalue weighted by Gasteiger charge is 2.27. The van der Waals surface area contributed by atoms with E-state index in [1.165, 1.54) is 16.5 Å². The second-order valence-electron chi connectivity index (χ2n) is 3.71. The van der Waals surface area contributed by atoms with E-state index in [4.69, 9.17) is 5.73 Å². The van der Waals surface area contributed by atoms with Crippen LogP contribution in [0.2, 0.25) is 0 Å². The van der Waals surface area contributed by atoms with Gasteiger partial charge in [-0.1, -0.05) is 12.2 Å². The van der Waals surface area contributed by atoms with Crippen LogP contribution in [0.4, 0.5) is 5.69 Å². The van der Waals surface area contributed by atoms with Crippen LogP contribution in [0.5, 0.6) is 0 Å². The van der Waals surface area contributed by atoms with Gasteiger partial charge in [-0.25, -0.2) is 8.42 Å². The first kappa shape index (κ1) is 16.4. The quantitative estimate of drug-likeness (QED) is 0.579. The van der Waals surface area contributed by atoms with E-state index >= 15 is 0 Å². The Labute approximate surface area is 130 Å². The van der Waals surface area contributed by atoms with Crippen molar-refractivity contribution in [2.75, 3.05) is 18.8 Å². The number of benzene rings is 1. The molecule has 0 aliphatic carbocycles. The Morgan fingerprint density at radius 2 is 1.58 bits per heavy atom. The maximum absolute atomic E-state index is 12.6. The van der Waals surface area contributed by atoms with Crippen molar-refractivity contribution in [3.63, 3.8) is 0 Å². The van der Waals surface area contributed by atoms with Crippen molar-refractivity contribution in [3.8, 4) is 0 Å². The van der Waals surface area contributed by atoms with Gasteiger partial charge in [0.15, 0.2) is 0 Å². The summed E-state index contributed by atoms with van der Waals surface area (Å²) in [6, 6.07) is 3.11. The lowest BCUT2D eigenvalue weighted by atomic mass is 10.3. The highest BCUT2D eigenvalue weighted by molar-refractivity contribution is 9.11. The number of halogens is 2. The fourth-order valence-corrected chi connectivity index (χ4v) is 5.44. The van der Waals surface area contributed by atoms with Gasteiger partial charge in [0.25, 0.3) is 0 Å². The molecule has 0 unspecified atom stereocenters. The first-order valence-corrected chi connectivity index (χ1v) is 8.33. The molecule has 0 radical (unpaired) electrons. The van der Waals surface area contributed by atoms with E-state index in [0.29, 0.717) is 14.6 Å². The lowest BCUT2D eigenvalue weighted by Gasteiger charge is -2.21. The van der Waals surface area contributed by atoms with Crippen LogP contribution in [0.1, 0.15) is 0 Å². The normalized spacial score (nSPS) is 11.5. The number of nitrogens with two attached hydrogens (primary N) is 1. The SMILES string of the molecule is C=CCN(CC=C)S(=O)(=O)c1c(Br)cc(N)cc1Br. The predicted molar refractivity (Wildman–Crippen MR) is 85.4 cm³/mol. The third-order valence-corrected chi connectivity index (χ3v) is 5.99. The molecule has 0 aliphatic heterocycles. The molecule has 104 valence electrons. The Morgan fingerprint density at radius 1 is 1.16 bits per heavy atom. The van der Waals surface area contributed by atoms with Crippen LogP contribution in [0, 0.1) is 0 Å². The molecule has 0 fully saturated rings. The van der Waals surface area contributed by atoms with Crippen molar-refractivity contribution in [1.82, 2.24) is 4.31 Å². The van der Waals surface area contributed by atoms with Crippen LogP contribution >= 0.6 is 31.9 Å². The molecule has 0 saturated carbocycles. The summed E-state index contributed by atoms with van der Waals surface area (Å²) in [5.74, 6) is 0. The van der Waals surface area contributed by atoms with Crippen molar-refractivity contribution in [1.29, 1.82) is 0 Å². The summed E-state index contributed by atoms with van der Waals surface area (Å²) in [4.78, 5) is 0.144. The van der Waals surface area contributed by atoms with Gasteiger partial charge in [-0.15, -0.1) is 13.2 Å². The number of hydrogen-bond acceptors (Lipinski definition) is 3. The van der Waals surface area contributed by atoms with Crippen molar-refractivity contribution >= 4 is 47.6 Å². The van der Waals surface area contributed by atoms with Gasteiger partial charge in [0.2, 0.25) is 10.0 Å². The van der Waals surface area contributed by atoms with Crippen LogP contribution < -0.4 is 5.73 Å². The van der Waals surface area contributed by atoms with Crippen molar-refractivity contribution < 1.29 is 8.42 Å². The Balaban J connectivity index is 3.40. The Bertz CT molecular complexity index is 567. The van der Waals surface area contributed by atoms with E-state index < -0.39 is 10.0 Å². The maximum atomic E-state index is 12.6. The molecule has 0 spiro atoms. The van der Waals surface area contributed by atoms with Crippen LogP contribution in [-0.2, 0) is 10.0 Å². The fourth-order valence-electron chi connectivity index (χ4n) is 1.51. The van der Waals surface area contributed by atoms with E-state index in [-0.39, 0.29) is 18.0 Å². The maximum Gasteiger partial charge on any atom is 0.245 e. The minimum atomic E-state index is -3.66. The van der Waals surface area contributed by atoms with Gasteiger partial charge >= 0.3 is 0 Å². The molecule has 7 heteroatoms.